The fourth-order valence-corrected chi connectivity index (χ4v) is 2.44. The second-order valence-electron chi connectivity index (χ2n) is 5.05. The third-order valence-corrected chi connectivity index (χ3v) is 3.97. The van der Waals surface area contributed by atoms with Gasteiger partial charge in [-0.3, -0.25) is 0 Å². The van der Waals surface area contributed by atoms with Gasteiger partial charge in [-0.2, -0.15) is 0 Å². The number of rotatable bonds is 5. The van der Waals surface area contributed by atoms with Crippen molar-refractivity contribution in [3.05, 3.63) is 29.8 Å². The van der Waals surface area contributed by atoms with Gasteiger partial charge in [-0.1, -0.05) is 25.5 Å². The molecule has 2 nitrogen and oxygen atoms in total. The van der Waals surface area contributed by atoms with Crippen molar-refractivity contribution in [3.8, 4) is 0 Å². The predicted molar refractivity (Wildman–Crippen MR) is 69.1 cm³/mol. The number of nitrogens with two attached hydrogens (primary N) is 1. The maximum absolute atomic E-state index is 5.66. The Labute approximate surface area is 98.2 Å². The van der Waals surface area contributed by atoms with E-state index < -0.39 is 0 Å². The summed E-state index contributed by atoms with van der Waals surface area (Å²) in [6.45, 7) is 4.43. The summed E-state index contributed by atoms with van der Waals surface area (Å²) in [7, 11) is 0. The minimum absolute atomic E-state index is 0.605. The summed E-state index contributed by atoms with van der Waals surface area (Å²) in [5, 5.41) is 3.57. The van der Waals surface area contributed by atoms with Gasteiger partial charge in [0.05, 0.1) is 0 Å². The van der Waals surface area contributed by atoms with Crippen LogP contribution < -0.4 is 11.1 Å². The molecular formula is C14H22N2. The van der Waals surface area contributed by atoms with E-state index >= 15 is 0 Å². The Kier molecular flexibility index (Phi) is 3.49. The average Bonchev–Trinajstić information content (AvgIpc) is 2.25. The lowest BCUT2D eigenvalue weighted by molar-refractivity contribution is 0.124. The molecule has 0 radical (unpaired) electrons. The molecule has 0 aliphatic heterocycles. The fourth-order valence-electron chi connectivity index (χ4n) is 2.44. The molecule has 3 N–H and O–H groups in total. The summed E-state index contributed by atoms with van der Waals surface area (Å²) in [4.78, 5) is 0. The van der Waals surface area contributed by atoms with E-state index in [0.29, 0.717) is 5.41 Å². The van der Waals surface area contributed by atoms with E-state index in [1.165, 1.54) is 31.2 Å². The lowest BCUT2D eigenvalue weighted by atomic mass is 9.67. The van der Waals surface area contributed by atoms with Crippen LogP contribution in [0.3, 0.4) is 0 Å². The van der Waals surface area contributed by atoms with Gasteiger partial charge in [0.1, 0.15) is 0 Å². The van der Waals surface area contributed by atoms with Gasteiger partial charge in [-0.15, -0.1) is 0 Å². The number of nitrogens with one attached hydrogen (secondary N) is 1. The Morgan fingerprint density at radius 2 is 1.94 bits per heavy atom. The minimum Gasteiger partial charge on any atom is -0.399 e. The molecule has 0 amide bonds. The summed E-state index contributed by atoms with van der Waals surface area (Å²) >= 11 is 0. The number of hydrogen-bond donors (Lipinski definition) is 2. The molecule has 88 valence electrons. The maximum atomic E-state index is 5.66. The molecule has 1 aliphatic carbocycles. The standard InChI is InChI=1S/C14H22N2/c1-2-14(8-3-9-14)11-16-10-12-4-6-13(15)7-5-12/h4-7,16H,2-3,8-11,15H2,1H3. The molecule has 1 aromatic carbocycles. The zero-order chi connectivity index (χ0) is 11.4. The second kappa shape index (κ2) is 4.88. The molecule has 2 heteroatoms. The van der Waals surface area contributed by atoms with E-state index in [-0.39, 0.29) is 0 Å². The van der Waals surface area contributed by atoms with E-state index in [9.17, 15) is 0 Å². The molecule has 1 fully saturated rings. The first-order valence-electron chi connectivity index (χ1n) is 6.29. The first-order chi connectivity index (χ1) is 7.74. The third kappa shape index (κ3) is 2.56. The highest BCUT2D eigenvalue weighted by Crippen LogP contribution is 2.43. The summed E-state index contributed by atoms with van der Waals surface area (Å²) in [5.41, 5.74) is 8.42. The van der Waals surface area contributed by atoms with Gasteiger partial charge in [0.25, 0.3) is 0 Å². The summed E-state index contributed by atoms with van der Waals surface area (Å²) in [6.07, 6.45) is 5.52. The van der Waals surface area contributed by atoms with Crippen molar-refractivity contribution in [1.82, 2.24) is 5.32 Å². The molecule has 16 heavy (non-hydrogen) atoms. The molecule has 0 spiro atoms. The SMILES string of the molecule is CCC1(CNCc2ccc(N)cc2)CCC1. The molecule has 1 saturated carbocycles. The molecule has 2 rings (SSSR count). The number of anilines is 1. The Hall–Kier alpha value is -1.02. The monoisotopic (exact) mass is 218 g/mol. The zero-order valence-electron chi connectivity index (χ0n) is 10.1. The average molecular weight is 218 g/mol. The van der Waals surface area contributed by atoms with Crippen LogP contribution in [0, 0.1) is 5.41 Å². The molecule has 0 aromatic heterocycles. The highest BCUT2D eigenvalue weighted by Gasteiger charge is 2.34. The second-order valence-corrected chi connectivity index (χ2v) is 5.05. The Bertz CT molecular complexity index is 320. The smallest absolute Gasteiger partial charge is 0.0314 e. The molecule has 0 heterocycles. The lowest BCUT2D eigenvalue weighted by Crippen LogP contribution is -2.39. The van der Waals surface area contributed by atoms with Gasteiger partial charge in [-0.25, -0.2) is 0 Å². The Morgan fingerprint density at radius 1 is 1.25 bits per heavy atom. The number of nitrogen functional groups attached to an aromatic ring is 1. The van der Waals surface area contributed by atoms with Crippen molar-refractivity contribution in [2.24, 2.45) is 5.41 Å². The van der Waals surface area contributed by atoms with Crippen LogP contribution in [0.4, 0.5) is 5.69 Å². The number of hydrogen-bond acceptors (Lipinski definition) is 2. The molecular weight excluding hydrogens is 196 g/mol. The number of benzene rings is 1. The Balaban J connectivity index is 1.77. The molecule has 0 saturated heterocycles. The van der Waals surface area contributed by atoms with Crippen LogP contribution in [0.5, 0.6) is 0 Å². The van der Waals surface area contributed by atoms with Gasteiger partial charge >= 0.3 is 0 Å². The van der Waals surface area contributed by atoms with Crippen molar-refractivity contribution in [2.75, 3.05) is 12.3 Å². The van der Waals surface area contributed by atoms with Crippen molar-refractivity contribution in [3.63, 3.8) is 0 Å². The van der Waals surface area contributed by atoms with Gasteiger partial charge in [0.2, 0.25) is 0 Å². The normalized spacial score (nSPS) is 18.1. The molecule has 0 unspecified atom stereocenters. The summed E-state index contributed by atoms with van der Waals surface area (Å²) < 4.78 is 0. The van der Waals surface area contributed by atoms with Gasteiger partial charge < -0.3 is 11.1 Å². The van der Waals surface area contributed by atoms with Crippen LogP contribution in [0.2, 0.25) is 0 Å². The third-order valence-electron chi connectivity index (χ3n) is 3.97. The Morgan fingerprint density at radius 3 is 2.44 bits per heavy atom. The van der Waals surface area contributed by atoms with Gasteiger partial charge in [0, 0.05) is 18.8 Å². The van der Waals surface area contributed by atoms with E-state index in [1.807, 2.05) is 12.1 Å². The maximum Gasteiger partial charge on any atom is 0.0314 e. The summed E-state index contributed by atoms with van der Waals surface area (Å²) in [6, 6.07) is 8.13. The van der Waals surface area contributed by atoms with E-state index in [1.54, 1.807) is 0 Å². The molecule has 0 atom stereocenters. The van der Waals surface area contributed by atoms with Gasteiger partial charge in [-0.05, 0) is 42.4 Å². The van der Waals surface area contributed by atoms with E-state index in [0.717, 1.165) is 18.8 Å². The van der Waals surface area contributed by atoms with Crippen LogP contribution in [-0.4, -0.2) is 6.54 Å². The van der Waals surface area contributed by atoms with E-state index in [4.69, 9.17) is 5.73 Å². The molecule has 1 aliphatic rings. The lowest BCUT2D eigenvalue weighted by Gasteiger charge is -2.41. The van der Waals surface area contributed by atoms with Crippen molar-refractivity contribution >= 4 is 5.69 Å². The van der Waals surface area contributed by atoms with Crippen molar-refractivity contribution in [2.45, 2.75) is 39.2 Å². The largest absolute Gasteiger partial charge is 0.399 e. The topological polar surface area (TPSA) is 38.0 Å². The van der Waals surface area contributed by atoms with Crippen LogP contribution in [-0.2, 0) is 6.54 Å². The molecule has 1 aromatic rings. The highest BCUT2D eigenvalue weighted by molar-refractivity contribution is 5.39. The van der Waals surface area contributed by atoms with Crippen molar-refractivity contribution < 1.29 is 0 Å². The van der Waals surface area contributed by atoms with Gasteiger partial charge in [0.15, 0.2) is 0 Å². The quantitative estimate of drug-likeness (QED) is 0.746. The first-order valence-corrected chi connectivity index (χ1v) is 6.29. The summed E-state index contributed by atoms with van der Waals surface area (Å²) in [5.74, 6) is 0. The fraction of sp³-hybridized carbons (Fsp3) is 0.571. The van der Waals surface area contributed by atoms with Crippen LogP contribution in [0.25, 0.3) is 0 Å². The zero-order valence-corrected chi connectivity index (χ0v) is 10.1. The molecule has 0 bridgehead atoms. The predicted octanol–water partition coefficient (Wildman–Crippen LogP) is 2.94. The van der Waals surface area contributed by atoms with Crippen LogP contribution in [0.1, 0.15) is 38.2 Å². The first kappa shape index (κ1) is 11.5. The van der Waals surface area contributed by atoms with Crippen LogP contribution >= 0.6 is 0 Å². The highest BCUT2D eigenvalue weighted by atomic mass is 14.9. The van der Waals surface area contributed by atoms with Crippen molar-refractivity contribution in [1.29, 1.82) is 0 Å². The minimum atomic E-state index is 0.605. The van der Waals surface area contributed by atoms with E-state index in [2.05, 4.69) is 24.4 Å². The van der Waals surface area contributed by atoms with Crippen LogP contribution in [0.15, 0.2) is 24.3 Å².